The van der Waals surface area contributed by atoms with E-state index in [0.717, 1.165) is 11.4 Å². The quantitative estimate of drug-likeness (QED) is 0.819. The molecule has 0 aliphatic heterocycles. The van der Waals surface area contributed by atoms with E-state index in [1.165, 1.54) is 12.8 Å². The van der Waals surface area contributed by atoms with Gasteiger partial charge in [0.15, 0.2) is 0 Å². The number of hydrogen-bond acceptors (Lipinski definition) is 3. The Morgan fingerprint density at radius 1 is 1.53 bits per heavy atom. The number of aromatic nitrogens is 1. The second-order valence-corrected chi connectivity index (χ2v) is 4.21. The molecule has 1 heterocycles. The van der Waals surface area contributed by atoms with Crippen LogP contribution in [-0.2, 0) is 0 Å². The maximum absolute atomic E-state index is 9.60. The smallest absolute Gasteiger partial charge is 0.0957 e. The predicted octanol–water partition coefficient (Wildman–Crippen LogP) is 2.12. The van der Waals surface area contributed by atoms with Crippen LogP contribution in [0.1, 0.15) is 38.0 Å². The number of anilines is 1. The molecule has 0 spiro atoms. The van der Waals surface area contributed by atoms with Crippen LogP contribution in [0.3, 0.4) is 0 Å². The molecular formula is C12H18N2O. The summed E-state index contributed by atoms with van der Waals surface area (Å²) < 4.78 is 0. The SMILES string of the molecule is CC[C@H](O)c1ccc(N(C)C2CC2)cn1. The molecule has 0 bridgehead atoms. The van der Waals surface area contributed by atoms with Crippen LogP contribution >= 0.6 is 0 Å². The van der Waals surface area contributed by atoms with Gasteiger partial charge in [-0.15, -0.1) is 0 Å². The van der Waals surface area contributed by atoms with Crippen LogP contribution in [0.4, 0.5) is 5.69 Å². The highest BCUT2D eigenvalue weighted by molar-refractivity contribution is 5.46. The van der Waals surface area contributed by atoms with Crippen LogP contribution in [0.2, 0.25) is 0 Å². The van der Waals surface area contributed by atoms with Gasteiger partial charge < -0.3 is 10.0 Å². The van der Waals surface area contributed by atoms with E-state index in [1.807, 2.05) is 25.3 Å². The number of rotatable bonds is 4. The number of hydrogen-bond donors (Lipinski definition) is 1. The first-order valence-electron chi connectivity index (χ1n) is 5.59. The largest absolute Gasteiger partial charge is 0.387 e. The maximum atomic E-state index is 9.60. The molecule has 1 aromatic heterocycles. The van der Waals surface area contributed by atoms with Gasteiger partial charge in [0.2, 0.25) is 0 Å². The summed E-state index contributed by atoms with van der Waals surface area (Å²) in [5, 5.41) is 9.60. The summed E-state index contributed by atoms with van der Waals surface area (Å²) >= 11 is 0. The second-order valence-electron chi connectivity index (χ2n) is 4.21. The van der Waals surface area contributed by atoms with Crippen LogP contribution in [-0.4, -0.2) is 23.2 Å². The standard InChI is InChI=1S/C12H18N2O/c1-3-12(15)11-7-6-10(8-13-11)14(2)9-4-5-9/h6-9,12,15H,3-5H2,1-2H3/t12-/m0/s1. The lowest BCUT2D eigenvalue weighted by molar-refractivity contribution is 0.169. The van der Waals surface area contributed by atoms with Crippen LogP contribution in [0.15, 0.2) is 18.3 Å². The summed E-state index contributed by atoms with van der Waals surface area (Å²) in [5.74, 6) is 0. The molecule has 2 rings (SSSR count). The van der Waals surface area contributed by atoms with Gasteiger partial charge in [-0.3, -0.25) is 4.98 Å². The first kappa shape index (κ1) is 10.4. The molecule has 1 fully saturated rings. The summed E-state index contributed by atoms with van der Waals surface area (Å²) in [6, 6.07) is 4.66. The van der Waals surface area contributed by atoms with E-state index < -0.39 is 6.10 Å². The number of pyridine rings is 1. The zero-order valence-corrected chi connectivity index (χ0v) is 9.35. The van der Waals surface area contributed by atoms with Crippen molar-refractivity contribution in [3.63, 3.8) is 0 Å². The Balaban J connectivity index is 2.09. The Morgan fingerprint density at radius 3 is 2.73 bits per heavy atom. The number of aliphatic hydroxyl groups excluding tert-OH is 1. The Morgan fingerprint density at radius 2 is 2.27 bits per heavy atom. The van der Waals surface area contributed by atoms with E-state index in [1.54, 1.807) is 0 Å². The van der Waals surface area contributed by atoms with E-state index in [4.69, 9.17) is 0 Å². The van der Waals surface area contributed by atoms with E-state index in [2.05, 4.69) is 16.9 Å². The van der Waals surface area contributed by atoms with Gasteiger partial charge in [0.1, 0.15) is 0 Å². The van der Waals surface area contributed by atoms with Crippen molar-refractivity contribution < 1.29 is 5.11 Å². The van der Waals surface area contributed by atoms with Gasteiger partial charge in [-0.1, -0.05) is 6.92 Å². The molecule has 0 radical (unpaired) electrons. The molecule has 3 nitrogen and oxygen atoms in total. The molecule has 15 heavy (non-hydrogen) atoms. The summed E-state index contributed by atoms with van der Waals surface area (Å²) in [5.41, 5.74) is 1.91. The van der Waals surface area contributed by atoms with Gasteiger partial charge >= 0.3 is 0 Å². The summed E-state index contributed by atoms with van der Waals surface area (Å²) in [6.45, 7) is 1.95. The van der Waals surface area contributed by atoms with Crippen LogP contribution < -0.4 is 4.90 Å². The first-order chi connectivity index (χ1) is 7.22. The Kier molecular flexibility index (Phi) is 2.91. The maximum Gasteiger partial charge on any atom is 0.0957 e. The van der Waals surface area contributed by atoms with Gasteiger partial charge in [-0.05, 0) is 31.4 Å². The fraction of sp³-hybridized carbons (Fsp3) is 0.583. The van der Waals surface area contributed by atoms with E-state index in [0.29, 0.717) is 12.5 Å². The molecule has 3 heteroatoms. The van der Waals surface area contributed by atoms with Crippen molar-refractivity contribution in [1.82, 2.24) is 4.98 Å². The predicted molar refractivity (Wildman–Crippen MR) is 60.9 cm³/mol. The molecule has 1 aliphatic rings. The highest BCUT2D eigenvalue weighted by atomic mass is 16.3. The molecule has 0 aromatic carbocycles. The third-order valence-electron chi connectivity index (χ3n) is 3.00. The fourth-order valence-corrected chi connectivity index (χ4v) is 1.69. The molecule has 1 atom stereocenters. The second kappa shape index (κ2) is 4.19. The number of nitrogens with zero attached hydrogens (tertiary/aromatic N) is 2. The molecule has 0 saturated heterocycles. The molecule has 82 valence electrons. The van der Waals surface area contributed by atoms with Crippen molar-refractivity contribution in [3.05, 3.63) is 24.0 Å². The van der Waals surface area contributed by atoms with Crippen molar-refractivity contribution >= 4 is 5.69 Å². The van der Waals surface area contributed by atoms with Gasteiger partial charge in [-0.25, -0.2) is 0 Å². The molecular weight excluding hydrogens is 188 g/mol. The van der Waals surface area contributed by atoms with Crippen LogP contribution in [0.25, 0.3) is 0 Å². The minimum Gasteiger partial charge on any atom is -0.387 e. The fourth-order valence-electron chi connectivity index (χ4n) is 1.69. The Bertz CT molecular complexity index is 319. The highest BCUT2D eigenvalue weighted by Gasteiger charge is 2.26. The summed E-state index contributed by atoms with van der Waals surface area (Å²) in [4.78, 5) is 6.55. The lowest BCUT2D eigenvalue weighted by Gasteiger charge is -2.18. The zero-order valence-electron chi connectivity index (χ0n) is 9.35. The minimum atomic E-state index is -0.426. The lowest BCUT2D eigenvalue weighted by atomic mass is 10.2. The number of aliphatic hydroxyl groups is 1. The zero-order chi connectivity index (χ0) is 10.8. The molecule has 1 saturated carbocycles. The average molecular weight is 206 g/mol. The van der Waals surface area contributed by atoms with Crippen molar-refractivity contribution in [3.8, 4) is 0 Å². The van der Waals surface area contributed by atoms with Crippen molar-refractivity contribution in [2.45, 2.75) is 38.3 Å². The third-order valence-corrected chi connectivity index (χ3v) is 3.00. The molecule has 0 amide bonds. The average Bonchev–Trinajstić information content (AvgIpc) is 3.11. The monoisotopic (exact) mass is 206 g/mol. The van der Waals surface area contributed by atoms with Crippen molar-refractivity contribution in [2.75, 3.05) is 11.9 Å². The van der Waals surface area contributed by atoms with Gasteiger partial charge in [0, 0.05) is 13.1 Å². The van der Waals surface area contributed by atoms with E-state index in [-0.39, 0.29) is 0 Å². The molecule has 0 unspecified atom stereocenters. The molecule has 1 aliphatic carbocycles. The first-order valence-corrected chi connectivity index (χ1v) is 5.59. The third kappa shape index (κ3) is 2.29. The lowest BCUT2D eigenvalue weighted by Crippen LogP contribution is -2.19. The van der Waals surface area contributed by atoms with E-state index >= 15 is 0 Å². The van der Waals surface area contributed by atoms with Crippen molar-refractivity contribution in [1.29, 1.82) is 0 Å². The van der Waals surface area contributed by atoms with Crippen molar-refractivity contribution in [2.24, 2.45) is 0 Å². The minimum absolute atomic E-state index is 0.426. The van der Waals surface area contributed by atoms with E-state index in [9.17, 15) is 5.11 Å². The summed E-state index contributed by atoms with van der Waals surface area (Å²) in [7, 11) is 2.10. The van der Waals surface area contributed by atoms with Crippen LogP contribution in [0.5, 0.6) is 0 Å². The Labute approximate surface area is 90.8 Å². The van der Waals surface area contributed by atoms with Gasteiger partial charge in [0.05, 0.1) is 23.7 Å². The van der Waals surface area contributed by atoms with Crippen LogP contribution in [0, 0.1) is 0 Å². The molecule has 1 N–H and O–H groups in total. The topological polar surface area (TPSA) is 36.4 Å². The Hall–Kier alpha value is -1.09. The molecule has 1 aromatic rings. The van der Waals surface area contributed by atoms with Gasteiger partial charge in [-0.2, -0.15) is 0 Å². The summed E-state index contributed by atoms with van der Waals surface area (Å²) in [6.07, 6.45) is 4.72. The highest BCUT2D eigenvalue weighted by Crippen LogP contribution is 2.30. The normalized spacial score (nSPS) is 17.5. The van der Waals surface area contributed by atoms with Gasteiger partial charge in [0.25, 0.3) is 0 Å².